The Hall–Kier alpha value is -1.82. The number of rotatable bonds is 7. The first-order valence-corrected chi connectivity index (χ1v) is 9.68. The molecular formula is C20H33N3O3. The van der Waals surface area contributed by atoms with Crippen LogP contribution in [0.2, 0.25) is 0 Å². The van der Waals surface area contributed by atoms with Gasteiger partial charge < -0.3 is 19.1 Å². The molecule has 1 fully saturated rings. The highest BCUT2D eigenvalue weighted by Crippen LogP contribution is 2.17. The summed E-state index contributed by atoms with van der Waals surface area (Å²) in [6, 6.07) is 1.79. The maximum Gasteiger partial charge on any atom is 0.257 e. The van der Waals surface area contributed by atoms with Gasteiger partial charge in [-0.05, 0) is 32.4 Å². The fourth-order valence-electron chi connectivity index (χ4n) is 3.43. The zero-order valence-electron chi connectivity index (χ0n) is 16.9. The van der Waals surface area contributed by atoms with Crippen molar-refractivity contribution < 1.29 is 14.0 Å². The normalized spacial score (nSPS) is 15.5. The van der Waals surface area contributed by atoms with Crippen molar-refractivity contribution in [3.8, 4) is 0 Å². The molecule has 6 heteroatoms. The first kappa shape index (κ1) is 20.5. The van der Waals surface area contributed by atoms with Crippen LogP contribution in [0.1, 0.15) is 49.1 Å². The van der Waals surface area contributed by atoms with E-state index in [4.69, 9.17) is 4.42 Å². The van der Waals surface area contributed by atoms with Crippen LogP contribution in [0.3, 0.4) is 0 Å². The Kier molecular flexibility index (Phi) is 7.26. The summed E-state index contributed by atoms with van der Waals surface area (Å²) in [5.74, 6) is 1.82. The molecule has 0 unspecified atom stereocenters. The summed E-state index contributed by atoms with van der Waals surface area (Å²) in [4.78, 5) is 31.6. The van der Waals surface area contributed by atoms with E-state index < -0.39 is 0 Å². The van der Waals surface area contributed by atoms with Crippen molar-refractivity contribution >= 4 is 11.8 Å². The van der Waals surface area contributed by atoms with Crippen molar-refractivity contribution in [3.05, 3.63) is 23.2 Å². The van der Waals surface area contributed by atoms with Crippen LogP contribution in [0.4, 0.5) is 0 Å². The van der Waals surface area contributed by atoms with Crippen molar-refractivity contribution in [2.75, 3.05) is 45.8 Å². The standard InChI is InChI=1S/C20H33N3O3/c1-6-21-9-11-22(12-10-21)19(24)7-8-23(14-15(2)3)20(25)18-13-16(4)26-17(18)5/h13,15H,6-12,14H2,1-5H3. The molecule has 0 saturated carbocycles. The highest BCUT2D eigenvalue weighted by atomic mass is 16.3. The second-order valence-corrected chi connectivity index (χ2v) is 7.54. The van der Waals surface area contributed by atoms with Crippen molar-refractivity contribution in [1.29, 1.82) is 0 Å². The van der Waals surface area contributed by atoms with Gasteiger partial charge in [-0.15, -0.1) is 0 Å². The summed E-state index contributed by atoms with van der Waals surface area (Å²) < 4.78 is 5.50. The van der Waals surface area contributed by atoms with E-state index >= 15 is 0 Å². The fourth-order valence-corrected chi connectivity index (χ4v) is 3.43. The SMILES string of the molecule is CCN1CCN(C(=O)CCN(CC(C)C)C(=O)c2cc(C)oc2C)CC1. The second-order valence-electron chi connectivity index (χ2n) is 7.54. The highest BCUT2D eigenvalue weighted by Gasteiger charge is 2.24. The van der Waals surface area contributed by atoms with E-state index in [2.05, 4.69) is 25.7 Å². The molecular weight excluding hydrogens is 330 g/mol. The maximum atomic E-state index is 12.9. The van der Waals surface area contributed by atoms with Crippen LogP contribution in [0.25, 0.3) is 0 Å². The first-order valence-electron chi connectivity index (χ1n) is 9.68. The molecule has 0 atom stereocenters. The van der Waals surface area contributed by atoms with Crippen LogP contribution in [0.5, 0.6) is 0 Å². The number of likely N-dealkylation sites (N-methyl/N-ethyl adjacent to an activating group) is 1. The summed E-state index contributed by atoms with van der Waals surface area (Å²) in [7, 11) is 0. The lowest BCUT2D eigenvalue weighted by molar-refractivity contribution is -0.133. The Bertz CT molecular complexity index is 616. The topological polar surface area (TPSA) is 57.0 Å². The second kappa shape index (κ2) is 9.21. The number of hydrogen-bond acceptors (Lipinski definition) is 4. The molecule has 1 aliphatic rings. The number of furan rings is 1. The molecule has 1 saturated heterocycles. The number of nitrogens with zero attached hydrogens (tertiary/aromatic N) is 3. The number of hydrogen-bond donors (Lipinski definition) is 0. The maximum absolute atomic E-state index is 12.9. The van der Waals surface area contributed by atoms with E-state index in [0.29, 0.717) is 36.8 Å². The van der Waals surface area contributed by atoms with E-state index in [1.165, 1.54) is 0 Å². The van der Waals surface area contributed by atoms with Gasteiger partial charge in [-0.1, -0.05) is 20.8 Å². The first-order chi connectivity index (χ1) is 12.3. The molecule has 2 amide bonds. The van der Waals surface area contributed by atoms with Crippen LogP contribution < -0.4 is 0 Å². The molecule has 26 heavy (non-hydrogen) atoms. The predicted octanol–water partition coefficient (Wildman–Crippen LogP) is 2.55. The van der Waals surface area contributed by atoms with Gasteiger partial charge >= 0.3 is 0 Å². The number of amides is 2. The Labute approximate surface area is 157 Å². The van der Waals surface area contributed by atoms with E-state index in [1.807, 2.05) is 18.7 Å². The lowest BCUT2D eigenvalue weighted by atomic mass is 10.1. The molecule has 0 bridgehead atoms. The number of piperazine rings is 1. The molecule has 6 nitrogen and oxygen atoms in total. The van der Waals surface area contributed by atoms with Crippen LogP contribution in [-0.4, -0.2) is 72.3 Å². The van der Waals surface area contributed by atoms with Crippen molar-refractivity contribution in [3.63, 3.8) is 0 Å². The summed E-state index contributed by atoms with van der Waals surface area (Å²) in [5.41, 5.74) is 0.604. The average molecular weight is 364 g/mol. The summed E-state index contributed by atoms with van der Waals surface area (Å²) >= 11 is 0. The third kappa shape index (κ3) is 5.34. The Balaban J connectivity index is 1.96. The van der Waals surface area contributed by atoms with Gasteiger partial charge in [-0.3, -0.25) is 9.59 Å². The molecule has 0 aromatic carbocycles. The Morgan fingerprint density at radius 2 is 1.85 bits per heavy atom. The molecule has 2 heterocycles. The van der Waals surface area contributed by atoms with Gasteiger partial charge in [0.1, 0.15) is 11.5 Å². The van der Waals surface area contributed by atoms with Crippen LogP contribution in [0.15, 0.2) is 10.5 Å². The molecule has 0 N–H and O–H groups in total. The van der Waals surface area contributed by atoms with Gasteiger partial charge in [0, 0.05) is 45.7 Å². The minimum absolute atomic E-state index is 0.0448. The lowest BCUT2D eigenvalue weighted by Gasteiger charge is -2.34. The minimum atomic E-state index is -0.0448. The molecule has 1 aromatic rings. The molecule has 0 aliphatic carbocycles. The Morgan fingerprint density at radius 3 is 2.35 bits per heavy atom. The van der Waals surface area contributed by atoms with Crippen LogP contribution in [0, 0.1) is 19.8 Å². The summed E-state index contributed by atoms with van der Waals surface area (Å²) in [6.45, 7) is 15.5. The number of carbonyl (C=O) groups is 2. The third-order valence-corrected chi connectivity index (χ3v) is 4.91. The summed E-state index contributed by atoms with van der Waals surface area (Å²) in [5, 5.41) is 0. The monoisotopic (exact) mass is 363 g/mol. The van der Waals surface area contributed by atoms with Gasteiger partial charge in [0.2, 0.25) is 5.91 Å². The molecule has 1 aliphatic heterocycles. The smallest absolute Gasteiger partial charge is 0.257 e. The molecule has 0 spiro atoms. The van der Waals surface area contributed by atoms with Crippen molar-refractivity contribution in [2.24, 2.45) is 5.92 Å². The van der Waals surface area contributed by atoms with Gasteiger partial charge in [0.15, 0.2) is 0 Å². The molecule has 146 valence electrons. The molecule has 0 radical (unpaired) electrons. The third-order valence-electron chi connectivity index (χ3n) is 4.91. The highest BCUT2D eigenvalue weighted by molar-refractivity contribution is 5.95. The zero-order valence-corrected chi connectivity index (χ0v) is 16.9. The Morgan fingerprint density at radius 1 is 1.19 bits per heavy atom. The fraction of sp³-hybridized carbons (Fsp3) is 0.700. The lowest BCUT2D eigenvalue weighted by Crippen LogP contribution is -2.49. The number of aryl methyl sites for hydroxylation is 2. The average Bonchev–Trinajstić information content (AvgIpc) is 2.95. The molecule has 1 aromatic heterocycles. The number of carbonyl (C=O) groups excluding carboxylic acids is 2. The van der Waals surface area contributed by atoms with Gasteiger partial charge in [-0.25, -0.2) is 0 Å². The van der Waals surface area contributed by atoms with Crippen LogP contribution in [-0.2, 0) is 4.79 Å². The largest absolute Gasteiger partial charge is 0.466 e. The zero-order chi connectivity index (χ0) is 19.3. The minimum Gasteiger partial charge on any atom is -0.466 e. The van der Waals surface area contributed by atoms with Crippen molar-refractivity contribution in [1.82, 2.24) is 14.7 Å². The van der Waals surface area contributed by atoms with Gasteiger partial charge in [-0.2, -0.15) is 0 Å². The van der Waals surface area contributed by atoms with E-state index in [-0.39, 0.29) is 11.8 Å². The van der Waals surface area contributed by atoms with Crippen molar-refractivity contribution in [2.45, 2.75) is 41.0 Å². The quantitative estimate of drug-likeness (QED) is 0.747. The van der Waals surface area contributed by atoms with E-state index in [0.717, 1.165) is 38.5 Å². The van der Waals surface area contributed by atoms with E-state index in [9.17, 15) is 9.59 Å². The predicted molar refractivity (Wildman–Crippen MR) is 102 cm³/mol. The van der Waals surface area contributed by atoms with Gasteiger partial charge in [0.05, 0.1) is 5.56 Å². The van der Waals surface area contributed by atoms with Gasteiger partial charge in [0.25, 0.3) is 5.91 Å². The van der Waals surface area contributed by atoms with Crippen LogP contribution >= 0.6 is 0 Å². The van der Waals surface area contributed by atoms with E-state index in [1.54, 1.807) is 11.0 Å². The molecule has 2 rings (SSSR count). The summed E-state index contributed by atoms with van der Waals surface area (Å²) in [6.07, 6.45) is 0.375.